The molecule has 2 aliphatic rings. The zero-order chi connectivity index (χ0) is 22.3. The summed E-state index contributed by atoms with van der Waals surface area (Å²) in [6.45, 7) is 3.34. The molecule has 154 valence electrons. The van der Waals surface area contributed by atoms with E-state index >= 15 is 0 Å². The van der Waals surface area contributed by atoms with Crippen molar-refractivity contribution in [2.45, 2.75) is 25.4 Å². The van der Waals surface area contributed by atoms with Crippen molar-refractivity contribution in [1.82, 2.24) is 10.6 Å². The van der Waals surface area contributed by atoms with Gasteiger partial charge >= 0.3 is 0 Å². The number of hydrogen-bond acceptors (Lipinski definition) is 6. The Morgan fingerprint density at radius 1 is 1.20 bits per heavy atom. The SMILES string of the molecule is COc1ccc([C@@H]2[C@H](C)[C@@]3(NC(=O)CCl)NC(=O)[C@@](C#N)([C@@H]3C)C2(C#N)C#N)cc1. The number of methoxy groups -OCH3 is 1. The quantitative estimate of drug-likeness (QED) is 0.705. The molecule has 0 spiro atoms. The normalized spacial score (nSPS) is 33.4. The number of benzene rings is 1. The number of nitrogens with one attached hydrogen (secondary N) is 2. The minimum atomic E-state index is -1.99. The fraction of sp³-hybridized carbons (Fsp3) is 0.476. The van der Waals surface area contributed by atoms with E-state index in [0.29, 0.717) is 11.3 Å². The molecule has 1 saturated heterocycles. The Bertz CT molecular complexity index is 1010. The van der Waals surface area contributed by atoms with Crippen LogP contribution in [0.2, 0.25) is 0 Å². The molecule has 30 heavy (non-hydrogen) atoms. The Morgan fingerprint density at radius 3 is 2.27 bits per heavy atom. The summed E-state index contributed by atoms with van der Waals surface area (Å²) in [6.07, 6.45) is 0. The molecule has 1 aliphatic carbocycles. The Labute approximate surface area is 179 Å². The lowest BCUT2D eigenvalue weighted by molar-refractivity contribution is -0.130. The molecule has 2 amide bonds. The highest BCUT2D eigenvalue weighted by Crippen LogP contribution is 2.66. The van der Waals surface area contributed by atoms with Crippen molar-refractivity contribution in [3.63, 3.8) is 0 Å². The summed E-state index contributed by atoms with van der Waals surface area (Å²) in [7, 11) is 1.51. The largest absolute Gasteiger partial charge is 0.497 e. The van der Waals surface area contributed by atoms with Gasteiger partial charge in [-0.05, 0) is 17.7 Å². The van der Waals surface area contributed by atoms with Crippen molar-refractivity contribution in [1.29, 1.82) is 15.8 Å². The molecule has 9 heteroatoms. The van der Waals surface area contributed by atoms with E-state index in [4.69, 9.17) is 16.3 Å². The summed E-state index contributed by atoms with van der Waals surface area (Å²) in [5, 5.41) is 36.1. The van der Waals surface area contributed by atoms with Gasteiger partial charge < -0.3 is 15.4 Å². The third-order valence-electron chi connectivity index (χ3n) is 6.79. The summed E-state index contributed by atoms with van der Waals surface area (Å²) in [5.74, 6) is -3.38. The van der Waals surface area contributed by atoms with Crippen LogP contribution in [0.5, 0.6) is 5.75 Å². The third kappa shape index (κ3) is 2.36. The zero-order valence-electron chi connectivity index (χ0n) is 16.7. The molecular weight excluding hydrogens is 406 g/mol. The highest BCUT2D eigenvalue weighted by atomic mass is 35.5. The molecule has 0 aromatic heterocycles. The second-order valence-corrected chi connectivity index (χ2v) is 7.98. The Balaban J connectivity index is 2.34. The van der Waals surface area contributed by atoms with E-state index in [1.807, 2.05) is 18.2 Å². The van der Waals surface area contributed by atoms with Gasteiger partial charge in [0.15, 0.2) is 10.8 Å². The molecule has 2 fully saturated rings. The van der Waals surface area contributed by atoms with Gasteiger partial charge in [-0.1, -0.05) is 26.0 Å². The lowest BCUT2D eigenvalue weighted by atomic mass is 9.44. The van der Waals surface area contributed by atoms with E-state index in [1.54, 1.807) is 38.1 Å². The highest BCUT2D eigenvalue weighted by molar-refractivity contribution is 6.27. The number of hydrogen-bond donors (Lipinski definition) is 2. The first-order valence-corrected chi connectivity index (χ1v) is 9.85. The number of nitriles is 3. The van der Waals surface area contributed by atoms with Crippen LogP contribution in [0.3, 0.4) is 0 Å². The van der Waals surface area contributed by atoms with Gasteiger partial charge in [0.1, 0.15) is 17.3 Å². The monoisotopic (exact) mass is 425 g/mol. The average Bonchev–Trinajstić information content (AvgIpc) is 2.95. The minimum absolute atomic E-state index is 0.342. The van der Waals surface area contributed by atoms with E-state index in [9.17, 15) is 25.4 Å². The summed E-state index contributed by atoms with van der Waals surface area (Å²) in [5.41, 5.74) is -4.74. The standard InChI is InChI=1S/C21H20ClN5O3/c1-12-17(14-4-6-15(30-3)7-5-14)19(9-23,10-24)20(11-25)13(2)21(12,27-18(20)29)26-16(28)8-22/h4-7,12-13,17H,8H2,1-3H3,(H,26,28)(H,27,29)/t12-,13-,17-,20+,21+/m0/s1. The number of amides is 2. The van der Waals surface area contributed by atoms with E-state index in [1.165, 1.54) is 7.11 Å². The first kappa shape index (κ1) is 21.4. The Hall–Kier alpha value is -3.28. The molecule has 2 bridgehead atoms. The summed E-state index contributed by atoms with van der Waals surface area (Å²) in [4.78, 5) is 25.5. The lowest BCUT2D eigenvalue weighted by Gasteiger charge is -2.54. The molecule has 2 N–H and O–H groups in total. The van der Waals surface area contributed by atoms with Crippen LogP contribution >= 0.6 is 11.6 Å². The molecule has 1 aromatic carbocycles. The fourth-order valence-electron chi connectivity index (χ4n) is 5.29. The van der Waals surface area contributed by atoms with Gasteiger partial charge in [-0.3, -0.25) is 9.59 Å². The van der Waals surface area contributed by atoms with Crippen LogP contribution in [-0.2, 0) is 9.59 Å². The van der Waals surface area contributed by atoms with Gasteiger partial charge in [0.2, 0.25) is 11.8 Å². The number of halogens is 1. The average molecular weight is 426 g/mol. The molecule has 1 aliphatic heterocycles. The second kappa shape index (κ2) is 7.20. The number of alkyl halides is 1. The van der Waals surface area contributed by atoms with Crippen molar-refractivity contribution in [2.75, 3.05) is 13.0 Å². The zero-order valence-corrected chi connectivity index (χ0v) is 17.4. The van der Waals surface area contributed by atoms with Crippen LogP contribution in [-0.4, -0.2) is 30.5 Å². The van der Waals surface area contributed by atoms with Gasteiger partial charge in [-0.2, -0.15) is 15.8 Å². The molecule has 5 atom stereocenters. The number of ether oxygens (including phenoxy) is 1. The van der Waals surface area contributed by atoms with Crippen LogP contribution < -0.4 is 15.4 Å². The van der Waals surface area contributed by atoms with Crippen molar-refractivity contribution in [3.8, 4) is 24.0 Å². The molecular formula is C21H20ClN5O3. The van der Waals surface area contributed by atoms with Gasteiger partial charge in [0, 0.05) is 17.8 Å². The summed E-state index contributed by atoms with van der Waals surface area (Å²) < 4.78 is 5.18. The van der Waals surface area contributed by atoms with Gasteiger partial charge in [-0.15, -0.1) is 11.6 Å². The van der Waals surface area contributed by atoms with Crippen LogP contribution in [0.15, 0.2) is 24.3 Å². The topological polar surface area (TPSA) is 139 Å². The number of carbonyl (C=O) groups is 2. The molecule has 1 aromatic rings. The summed E-state index contributed by atoms with van der Waals surface area (Å²) in [6, 6.07) is 12.8. The first-order valence-electron chi connectivity index (χ1n) is 9.32. The molecule has 0 radical (unpaired) electrons. The van der Waals surface area contributed by atoms with Crippen LogP contribution in [0, 0.1) is 56.7 Å². The highest BCUT2D eigenvalue weighted by Gasteiger charge is 2.80. The minimum Gasteiger partial charge on any atom is -0.497 e. The maximum absolute atomic E-state index is 13.2. The number of nitrogens with zero attached hydrogens (tertiary/aromatic N) is 3. The first-order chi connectivity index (χ1) is 14.2. The maximum atomic E-state index is 13.2. The van der Waals surface area contributed by atoms with Crippen molar-refractivity contribution in [3.05, 3.63) is 29.8 Å². The van der Waals surface area contributed by atoms with Crippen LogP contribution in [0.1, 0.15) is 25.3 Å². The predicted molar refractivity (Wildman–Crippen MR) is 106 cm³/mol. The summed E-state index contributed by atoms with van der Waals surface area (Å²) >= 11 is 5.69. The molecule has 1 saturated carbocycles. The number of carbonyl (C=O) groups excluding carboxylic acids is 2. The molecule has 0 unspecified atom stereocenters. The van der Waals surface area contributed by atoms with E-state index < -0.39 is 46.1 Å². The molecule has 8 nitrogen and oxygen atoms in total. The van der Waals surface area contributed by atoms with Crippen molar-refractivity contribution in [2.24, 2.45) is 22.7 Å². The smallest absolute Gasteiger partial charge is 0.245 e. The number of rotatable bonds is 4. The van der Waals surface area contributed by atoms with Crippen LogP contribution in [0.25, 0.3) is 0 Å². The maximum Gasteiger partial charge on any atom is 0.245 e. The predicted octanol–water partition coefficient (Wildman–Crippen LogP) is 1.79. The van der Waals surface area contributed by atoms with Crippen LogP contribution in [0.4, 0.5) is 0 Å². The van der Waals surface area contributed by atoms with Gasteiger partial charge in [0.25, 0.3) is 0 Å². The van der Waals surface area contributed by atoms with E-state index in [2.05, 4.69) is 10.6 Å². The molecule has 3 rings (SSSR count). The second-order valence-electron chi connectivity index (χ2n) is 7.72. The van der Waals surface area contributed by atoms with Gasteiger partial charge in [0.05, 0.1) is 25.3 Å². The number of fused-ring (bicyclic) bond motifs is 2. The van der Waals surface area contributed by atoms with Crippen molar-refractivity contribution < 1.29 is 14.3 Å². The van der Waals surface area contributed by atoms with E-state index in [0.717, 1.165) is 0 Å². The van der Waals surface area contributed by atoms with Gasteiger partial charge in [-0.25, -0.2) is 0 Å². The Morgan fingerprint density at radius 2 is 1.80 bits per heavy atom. The van der Waals surface area contributed by atoms with Crippen molar-refractivity contribution >= 4 is 23.4 Å². The third-order valence-corrected chi connectivity index (χ3v) is 7.03. The lowest BCUT2D eigenvalue weighted by Crippen LogP contribution is -2.69. The molecule has 1 heterocycles. The fourth-order valence-corrected chi connectivity index (χ4v) is 5.36. The Kier molecular flexibility index (Phi) is 5.14. The van der Waals surface area contributed by atoms with E-state index in [-0.39, 0.29) is 5.88 Å².